The highest BCUT2D eigenvalue weighted by molar-refractivity contribution is 5.85. The largest absolute Gasteiger partial charge is 0.492 e. The van der Waals surface area contributed by atoms with Crippen molar-refractivity contribution < 1.29 is 4.74 Å². The van der Waals surface area contributed by atoms with E-state index in [-0.39, 0.29) is 12.4 Å². The van der Waals surface area contributed by atoms with E-state index in [4.69, 9.17) is 4.74 Å². The molecule has 1 aliphatic heterocycles. The maximum atomic E-state index is 5.78. The molecule has 0 amide bonds. The van der Waals surface area contributed by atoms with E-state index in [9.17, 15) is 0 Å². The van der Waals surface area contributed by atoms with Crippen LogP contribution >= 0.6 is 12.4 Å². The molecule has 0 radical (unpaired) electrons. The average molecular weight is 318 g/mol. The molecule has 0 aromatic heterocycles. The summed E-state index contributed by atoms with van der Waals surface area (Å²) >= 11 is 0. The van der Waals surface area contributed by atoms with Crippen molar-refractivity contribution in [2.45, 2.75) is 18.8 Å². The van der Waals surface area contributed by atoms with Gasteiger partial charge in [-0.15, -0.1) is 12.4 Å². The van der Waals surface area contributed by atoms with Gasteiger partial charge in [0.05, 0.1) is 0 Å². The molecule has 22 heavy (non-hydrogen) atoms. The maximum Gasteiger partial charge on any atom is 0.119 e. The highest BCUT2D eigenvalue weighted by Gasteiger charge is 2.19. The topological polar surface area (TPSA) is 12.5 Å². The Balaban J connectivity index is 0.00000176. The molecule has 3 rings (SSSR count). The summed E-state index contributed by atoms with van der Waals surface area (Å²) in [5, 5.41) is 0. The van der Waals surface area contributed by atoms with Crippen LogP contribution in [0.15, 0.2) is 60.7 Å². The molecule has 3 heteroatoms. The fraction of sp³-hybridized carbons (Fsp3) is 0.368. The molecule has 118 valence electrons. The Morgan fingerprint density at radius 1 is 0.864 bits per heavy atom. The molecule has 0 atom stereocenters. The summed E-state index contributed by atoms with van der Waals surface area (Å²) in [6.45, 7) is 4.16. The zero-order valence-corrected chi connectivity index (χ0v) is 13.7. The number of benzene rings is 2. The highest BCUT2D eigenvalue weighted by atomic mass is 35.5. The summed E-state index contributed by atoms with van der Waals surface area (Å²) in [5.74, 6) is 1.70. The van der Waals surface area contributed by atoms with E-state index in [1.165, 1.54) is 31.5 Å². The Morgan fingerprint density at radius 2 is 1.45 bits per heavy atom. The second-order valence-electron chi connectivity index (χ2n) is 5.69. The predicted molar refractivity (Wildman–Crippen MR) is 94.0 cm³/mol. The van der Waals surface area contributed by atoms with Gasteiger partial charge in [-0.2, -0.15) is 0 Å². The fourth-order valence-electron chi connectivity index (χ4n) is 3.02. The van der Waals surface area contributed by atoms with E-state index in [2.05, 4.69) is 35.2 Å². The van der Waals surface area contributed by atoms with Crippen molar-refractivity contribution in [2.75, 3.05) is 26.2 Å². The minimum Gasteiger partial charge on any atom is -0.492 e. The second kappa shape index (κ2) is 8.82. The summed E-state index contributed by atoms with van der Waals surface area (Å²) in [5.41, 5.74) is 1.50. The Hall–Kier alpha value is -1.51. The van der Waals surface area contributed by atoms with Crippen molar-refractivity contribution in [2.24, 2.45) is 0 Å². The molecular weight excluding hydrogens is 294 g/mol. The van der Waals surface area contributed by atoms with Gasteiger partial charge in [0.15, 0.2) is 0 Å². The van der Waals surface area contributed by atoms with Crippen LogP contribution in [0.1, 0.15) is 24.3 Å². The molecule has 1 aliphatic rings. The molecule has 0 unspecified atom stereocenters. The van der Waals surface area contributed by atoms with Crippen molar-refractivity contribution in [3.05, 3.63) is 66.2 Å². The highest BCUT2D eigenvalue weighted by Crippen LogP contribution is 2.27. The number of halogens is 1. The third-order valence-corrected chi connectivity index (χ3v) is 4.28. The maximum absolute atomic E-state index is 5.78. The first-order valence-corrected chi connectivity index (χ1v) is 7.87. The number of nitrogens with zero attached hydrogens (tertiary/aromatic N) is 1. The van der Waals surface area contributed by atoms with Crippen molar-refractivity contribution in [1.82, 2.24) is 4.90 Å². The lowest BCUT2D eigenvalue weighted by atomic mass is 9.89. The van der Waals surface area contributed by atoms with Crippen molar-refractivity contribution in [3.63, 3.8) is 0 Å². The Morgan fingerprint density at radius 3 is 2.09 bits per heavy atom. The molecule has 0 saturated carbocycles. The molecule has 0 N–H and O–H groups in total. The zero-order chi connectivity index (χ0) is 14.3. The van der Waals surface area contributed by atoms with Crippen LogP contribution < -0.4 is 4.74 Å². The monoisotopic (exact) mass is 317 g/mol. The number of piperidine rings is 1. The van der Waals surface area contributed by atoms with Crippen LogP contribution in [0.4, 0.5) is 0 Å². The van der Waals surface area contributed by atoms with Crippen LogP contribution in [0.3, 0.4) is 0 Å². The Bertz CT molecular complexity index is 521. The molecule has 0 aliphatic carbocycles. The van der Waals surface area contributed by atoms with Crippen molar-refractivity contribution >= 4 is 12.4 Å². The fourth-order valence-corrected chi connectivity index (χ4v) is 3.02. The van der Waals surface area contributed by atoms with Crippen LogP contribution in [-0.4, -0.2) is 31.1 Å². The smallest absolute Gasteiger partial charge is 0.119 e. The first-order valence-electron chi connectivity index (χ1n) is 7.87. The number of likely N-dealkylation sites (tertiary alicyclic amines) is 1. The van der Waals surface area contributed by atoms with E-state index in [0.29, 0.717) is 0 Å². The molecule has 1 heterocycles. The molecular formula is C19H24ClNO. The van der Waals surface area contributed by atoms with Gasteiger partial charge in [-0.05, 0) is 49.5 Å². The van der Waals surface area contributed by atoms with Crippen LogP contribution in [0.25, 0.3) is 0 Å². The number of rotatable bonds is 5. The summed E-state index contributed by atoms with van der Waals surface area (Å²) in [6, 6.07) is 21.0. The lowest BCUT2D eigenvalue weighted by molar-refractivity contribution is 0.173. The summed E-state index contributed by atoms with van der Waals surface area (Å²) in [7, 11) is 0. The predicted octanol–water partition coefficient (Wildman–Crippen LogP) is 4.37. The lowest BCUT2D eigenvalue weighted by Gasteiger charge is -2.32. The number of ether oxygens (including phenoxy) is 1. The second-order valence-corrected chi connectivity index (χ2v) is 5.69. The molecule has 2 aromatic rings. The standard InChI is InChI=1S/C19H23NO.ClH/c1-3-7-17(8-4-1)18-11-13-20(14-12-18)15-16-21-19-9-5-2-6-10-19;/h1-10,18H,11-16H2;1H. The normalized spacial score (nSPS) is 16.0. The van der Waals surface area contributed by atoms with Gasteiger partial charge in [0.1, 0.15) is 12.4 Å². The lowest BCUT2D eigenvalue weighted by Crippen LogP contribution is -2.35. The van der Waals surface area contributed by atoms with Gasteiger partial charge in [-0.1, -0.05) is 48.5 Å². The first kappa shape index (κ1) is 16.9. The quantitative estimate of drug-likeness (QED) is 0.812. The van der Waals surface area contributed by atoms with E-state index in [1.54, 1.807) is 0 Å². The van der Waals surface area contributed by atoms with E-state index >= 15 is 0 Å². The number of para-hydroxylation sites is 1. The minimum atomic E-state index is 0. The van der Waals surface area contributed by atoms with Crippen LogP contribution in [0.2, 0.25) is 0 Å². The van der Waals surface area contributed by atoms with Gasteiger partial charge in [0.2, 0.25) is 0 Å². The van der Waals surface area contributed by atoms with Gasteiger partial charge in [-0.3, -0.25) is 4.90 Å². The molecule has 2 aromatic carbocycles. The SMILES string of the molecule is Cl.c1ccc(OCCN2CCC(c3ccccc3)CC2)cc1. The third-order valence-electron chi connectivity index (χ3n) is 4.28. The summed E-state index contributed by atoms with van der Waals surface area (Å²) in [4.78, 5) is 2.52. The van der Waals surface area contributed by atoms with Crippen LogP contribution in [0.5, 0.6) is 5.75 Å². The van der Waals surface area contributed by atoms with Gasteiger partial charge in [-0.25, -0.2) is 0 Å². The molecule has 2 nitrogen and oxygen atoms in total. The van der Waals surface area contributed by atoms with Gasteiger partial charge < -0.3 is 4.74 Å². The van der Waals surface area contributed by atoms with Gasteiger partial charge in [0.25, 0.3) is 0 Å². The van der Waals surface area contributed by atoms with Gasteiger partial charge in [0, 0.05) is 6.54 Å². The van der Waals surface area contributed by atoms with Gasteiger partial charge >= 0.3 is 0 Å². The van der Waals surface area contributed by atoms with E-state index in [0.717, 1.165) is 24.8 Å². The molecule has 1 fully saturated rings. The van der Waals surface area contributed by atoms with Crippen molar-refractivity contribution in [3.8, 4) is 5.75 Å². The van der Waals surface area contributed by atoms with Crippen LogP contribution in [-0.2, 0) is 0 Å². The average Bonchev–Trinajstić information content (AvgIpc) is 2.57. The molecule has 0 bridgehead atoms. The third kappa shape index (κ3) is 4.75. The Labute approximate surface area is 139 Å². The zero-order valence-electron chi connectivity index (χ0n) is 12.9. The van der Waals surface area contributed by atoms with E-state index in [1.807, 2.05) is 30.3 Å². The first-order chi connectivity index (χ1) is 10.4. The van der Waals surface area contributed by atoms with Crippen molar-refractivity contribution in [1.29, 1.82) is 0 Å². The minimum absolute atomic E-state index is 0. The summed E-state index contributed by atoms with van der Waals surface area (Å²) < 4.78 is 5.78. The molecule has 1 saturated heterocycles. The van der Waals surface area contributed by atoms with E-state index < -0.39 is 0 Å². The van der Waals surface area contributed by atoms with Crippen LogP contribution in [0, 0.1) is 0 Å². The number of hydrogen-bond donors (Lipinski definition) is 0. The number of hydrogen-bond acceptors (Lipinski definition) is 2. The summed E-state index contributed by atoms with van der Waals surface area (Å²) in [6.07, 6.45) is 2.52. The molecule has 0 spiro atoms. The Kier molecular flexibility index (Phi) is 6.75.